The van der Waals surface area contributed by atoms with Gasteiger partial charge < -0.3 is 0 Å². The molecule has 0 aromatic heterocycles. The average Bonchev–Trinajstić information content (AvgIpc) is 2.21. The molecule has 0 amide bonds. The van der Waals surface area contributed by atoms with Crippen molar-refractivity contribution in [1.82, 2.24) is 0 Å². The van der Waals surface area contributed by atoms with Gasteiger partial charge in [-0.2, -0.15) is 0 Å². The summed E-state index contributed by atoms with van der Waals surface area (Å²) in [5, 5.41) is 0. The van der Waals surface area contributed by atoms with Crippen LogP contribution in [0.25, 0.3) is 0 Å². The number of rotatable bonds is 1. The zero-order valence-electron chi connectivity index (χ0n) is 9.45. The van der Waals surface area contributed by atoms with Gasteiger partial charge in [0.1, 0.15) is 0 Å². The molecule has 0 unspecified atom stereocenters. The van der Waals surface area contributed by atoms with Crippen molar-refractivity contribution in [2.75, 3.05) is 0 Å². The summed E-state index contributed by atoms with van der Waals surface area (Å²) in [5.74, 6) is 3.32. The van der Waals surface area contributed by atoms with E-state index in [4.69, 9.17) is 0 Å². The molecular formula is C14H22. The van der Waals surface area contributed by atoms with Crippen molar-refractivity contribution in [2.24, 2.45) is 23.7 Å². The van der Waals surface area contributed by atoms with Crippen LogP contribution in [0.2, 0.25) is 0 Å². The van der Waals surface area contributed by atoms with Crippen LogP contribution in [0.15, 0.2) is 24.3 Å². The summed E-state index contributed by atoms with van der Waals surface area (Å²) in [5.41, 5.74) is 0. The summed E-state index contributed by atoms with van der Waals surface area (Å²) in [6.45, 7) is 4.65. The number of hydrogen-bond donors (Lipinski definition) is 0. The first-order chi connectivity index (χ1) is 6.75. The third kappa shape index (κ3) is 2.29. The van der Waals surface area contributed by atoms with Crippen LogP contribution in [0.5, 0.6) is 0 Å². The molecule has 0 radical (unpaired) electrons. The molecule has 4 atom stereocenters. The van der Waals surface area contributed by atoms with Crippen LogP contribution < -0.4 is 0 Å². The van der Waals surface area contributed by atoms with Crippen LogP contribution >= 0.6 is 0 Å². The third-order valence-corrected chi connectivity index (χ3v) is 3.83. The quantitative estimate of drug-likeness (QED) is 0.544. The number of allylic oxidation sites excluding steroid dienone is 4. The average molecular weight is 190 g/mol. The van der Waals surface area contributed by atoms with Gasteiger partial charge in [-0.3, -0.25) is 0 Å². The van der Waals surface area contributed by atoms with Crippen LogP contribution in [0.3, 0.4) is 0 Å². The van der Waals surface area contributed by atoms with Crippen molar-refractivity contribution in [3.63, 3.8) is 0 Å². The molecule has 0 spiro atoms. The number of hydrogen-bond acceptors (Lipinski definition) is 0. The lowest BCUT2D eigenvalue weighted by Crippen LogP contribution is -2.18. The minimum Gasteiger partial charge on any atom is -0.0854 e. The van der Waals surface area contributed by atoms with Gasteiger partial charge in [-0.15, -0.1) is 0 Å². The second-order valence-electron chi connectivity index (χ2n) is 5.21. The Kier molecular flexibility index (Phi) is 3.10. The SMILES string of the molecule is C[C@@H]1C=C[C@H]([C@@H]2C=C[C@H](C)CC2)CC1. The highest BCUT2D eigenvalue weighted by molar-refractivity contribution is 5.06. The minimum absolute atomic E-state index is 0.817. The Labute approximate surface area is 88.1 Å². The Morgan fingerprint density at radius 1 is 0.643 bits per heavy atom. The van der Waals surface area contributed by atoms with Gasteiger partial charge in [0.05, 0.1) is 0 Å². The molecule has 78 valence electrons. The molecule has 0 bridgehead atoms. The summed E-state index contributed by atoms with van der Waals surface area (Å²) >= 11 is 0. The van der Waals surface area contributed by atoms with E-state index in [1.807, 2.05) is 0 Å². The smallest absolute Gasteiger partial charge is 0.0170 e. The van der Waals surface area contributed by atoms with E-state index in [1.54, 1.807) is 0 Å². The maximum atomic E-state index is 2.47. The van der Waals surface area contributed by atoms with Crippen LogP contribution in [0, 0.1) is 23.7 Å². The lowest BCUT2D eigenvalue weighted by Gasteiger charge is -2.29. The largest absolute Gasteiger partial charge is 0.0854 e. The monoisotopic (exact) mass is 190 g/mol. The van der Waals surface area contributed by atoms with Crippen molar-refractivity contribution in [3.05, 3.63) is 24.3 Å². The van der Waals surface area contributed by atoms with E-state index >= 15 is 0 Å². The van der Waals surface area contributed by atoms with Crippen molar-refractivity contribution < 1.29 is 0 Å². The highest BCUT2D eigenvalue weighted by Crippen LogP contribution is 2.34. The predicted molar refractivity (Wildman–Crippen MR) is 62.1 cm³/mol. The highest BCUT2D eigenvalue weighted by atomic mass is 14.3. The van der Waals surface area contributed by atoms with Crippen LogP contribution in [0.1, 0.15) is 39.5 Å². The summed E-state index contributed by atoms with van der Waals surface area (Å²) in [6, 6.07) is 0. The van der Waals surface area contributed by atoms with Gasteiger partial charge in [0.25, 0.3) is 0 Å². The van der Waals surface area contributed by atoms with Gasteiger partial charge in [-0.05, 0) is 49.4 Å². The van der Waals surface area contributed by atoms with Crippen LogP contribution in [0.4, 0.5) is 0 Å². The molecule has 2 aliphatic rings. The molecule has 0 N–H and O–H groups in total. The lowest BCUT2D eigenvalue weighted by atomic mass is 9.76. The fraction of sp³-hybridized carbons (Fsp3) is 0.714. The van der Waals surface area contributed by atoms with Crippen LogP contribution in [-0.4, -0.2) is 0 Å². The van der Waals surface area contributed by atoms with Crippen molar-refractivity contribution in [1.29, 1.82) is 0 Å². The van der Waals surface area contributed by atoms with E-state index in [1.165, 1.54) is 25.7 Å². The molecule has 0 aromatic rings. The predicted octanol–water partition coefficient (Wildman–Crippen LogP) is 4.19. The molecule has 0 aromatic carbocycles. The van der Waals surface area contributed by atoms with Gasteiger partial charge in [0.15, 0.2) is 0 Å². The molecule has 0 nitrogen and oxygen atoms in total. The molecular weight excluding hydrogens is 168 g/mol. The van der Waals surface area contributed by atoms with Crippen molar-refractivity contribution in [2.45, 2.75) is 39.5 Å². The van der Waals surface area contributed by atoms with E-state index in [2.05, 4.69) is 38.2 Å². The molecule has 0 saturated carbocycles. The zero-order valence-corrected chi connectivity index (χ0v) is 9.45. The van der Waals surface area contributed by atoms with Crippen molar-refractivity contribution >= 4 is 0 Å². The molecule has 0 fully saturated rings. The summed E-state index contributed by atoms with van der Waals surface area (Å²) in [6.07, 6.45) is 15.4. The fourth-order valence-corrected chi connectivity index (χ4v) is 2.67. The van der Waals surface area contributed by atoms with E-state index in [0.717, 1.165) is 23.7 Å². The van der Waals surface area contributed by atoms with E-state index in [9.17, 15) is 0 Å². The summed E-state index contributed by atoms with van der Waals surface area (Å²) in [7, 11) is 0. The topological polar surface area (TPSA) is 0 Å². The van der Waals surface area contributed by atoms with Gasteiger partial charge in [-0.25, -0.2) is 0 Å². The van der Waals surface area contributed by atoms with Crippen molar-refractivity contribution in [3.8, 4) is 0 Å². The first-order valence-electron chi connectivity index (χ1n) is 6.12. The normalized spacial score (nSPS) is 42.7. The maximum absolute atomic E-state index is 2.47. The van der Waals surface area contributed by atoms with E-state index in [0.29, 0.717) is 0 Å². The van der Waals surface area contributed by atoms with E-state index in [-0.39, 0.29) is 0 Å². The molecule has 0 heterocycles. The van der Waals surface area contributed by atoms with Gasteiger partial charge in [0, 0.05) is 0 Å². The maximum Gasteiger partial charge on any atom is -0.0170 e. The van der Waals surface area contributed by atoms with Crippen LogP contribution in [-0.2, 0) is 0 Å². The molecule has 0 saturated heterocycles. The van der Waals surface area contributed by atoms with Gasteiger partial charge in [0.2, 0.25) is 0 Å². The highest BCUT2D eigenvalue weighted by Gasteiger charge is 2.22. The lowest BCUT2D eigenvalue weighted by molar-refractivity contribution is 0.343. The molecule has 0 aliphatic heterocycles. The minimum atomic E-state index is 0.817. The first kappa shape index (κ1) is 10.0. The Balaban J connectivity index is 1.96. The Morgan fingerprint density at radius 2 is 1.07 bits per heavy atom. The van der Waals surface area contributed by atoms with E-state index < -0.39 is 0 Å². The molecule has 2 aliphatic carbocycles. The third-order valence-electron chi connectivity index (χ3n) is 3.83. The fourth-order valence-electron chi connectivity index (χ4n) is 2.67. The standard InChI is InChI=1S/C14H22/c1-11-3-7-13(8-4-11)14-9-5-12(2)6-10-14/h3,5,7,9,11-14H,4,6,8,10H2,1-2H3/t11-,12+,13+,14-. The second-order valence-corrected chi connectivity index (χ2v) is 5.21. The molecule has 14 heavy (non-hydrogen) atoms. The summed E-state index contributed by atoms with van der Waals surface area (Å²) in [4.78, 5) is 0. The molecule has 0 heteroatoms. The second kappa shape index (κ2) is 4.33. The first-order valence-corrected chi connectivity index (χ1v) is 6.12. The molecule has 2 rings (SSSR count). The van der Waals surface area contributed by atoms with Gasteiger partial charge in [-0.1, -0.05) is 38.2 Å². The zero-order chi connectivity index (χ0) is 9.97. The Bertz CT molecular complexity index is 210. The Morgan fingerprint density at radius 3 is 1.36 bits per heavy atom. The van der Waals surface area contributed by atoms with Gasteiger partial charge >= 0.3 is 0 Å². The Hall–Kier alpha value is -0.520. The summed E-state index contributed by atoms with van der Waals surface area (Å²) < 4.78 is 0.